The standard InChI is InChI=1S/C18H21NO/c1-5-19-16-7-6-11(2)8-15(16)17-13(4)14(10-20)9-12(3)18(17)19/h6-9,20H,5,10H2,1-4H3. The van der Waals surface area contributed by atoms with Crippen LogP contribution in [0.1, 0.15) is 29.2 Å². The van der Waals surface area contributed by atoms with Crippen LogP contribution in [0.5, 0.6) is 0 Å². The zero-order chi connectivity index (χ0) is 14.4. The van der Waals surface area contributed by atoms with Crippen LogP contribution in [-0.4, -0.2) is 9.67 Å². The Bertz CT molecular complexity index is 811. The van der Waals surface area contributed by atoms with Gasteiger partial charge in [-0.15, -0.1) is 0 Å². The average molecular weight is 267 g/mol. The minimum absolute atomic E-state index is 0.104. The molecule has 0 fully saturated rings. The molecule has 1 heterocycles. The summed E-state index contributed by atoms with van der Waals surface area (Å²) in [6.45, 7) is 9.64. The predicted molar refractivity (Wildman–Crippen MR) is 85.3 cm³/mol. The van der Waals surface area contributed by atoms with E-state index in [0.29, 0.717) is 0 Å². The first kappa shape index (κ1) is 13.2. The maximum Gasteiger partial charge on any atom is 0.0684 e. The van der Waals surface area contributed by atoms with E-state index in [4.69, 9.17) is 0 Å². The molecule has 0 aliphatic heterocycles. The predicted octanol–water partition coefficient (Wildman–Crippen LogP) is 4.23. The molecule has 0 atom stereocenters. The Hall–Kier alpha value is -1.80. The third kappa shape index (κ3) is 1.68. The Morgan fingerprint density at radius 2 is 1.85 bits per heavy atom. The van der Waals surface area contributed by atoms with Crippen LogP contribution in [0.25, 0.3) is 21.8 Å². The minimum atomic E-state index is 0.104. The minimum Gasteiger partial charge on any atom is -0.392 e. The Balaban J connectivity index is 2.62. The molecule has 2 heteroatoms. The highest BCUT2D eigenvalue weighted by atomic mass is 16.3. The van der Waals surface area contributed by atoms with Crippen molar-refractivity contribution in [1.29, 1.82) is 0 Å². The molecule has 0 bridgehead atoms. The molecule has 0 unspecified atom stereocenters. The van der Waals surface area contributed by atoms with Crippen LogP contribution in [0.4, 0.5) is 0 Å². The second kappa shape index (κ2) is 4.64. The van der Waals surface area contributed by atoms with Crippen LogP contribution in [0.15, 0.2) is 24.3 Å². The molecule has 20 heavy (non-hydrogen) atoms. The van der Waals surface area contributed by atoms with Crippen LogP contribution >= 0.6 is 0 Å². The van der Waals surface area contributed by atoms with Gasteiger partial charge in [0.2, 0.25) is 0 Å². The molecule has 1 N–H and O–H groups in total. The van der Waals surface area contributed by atoms with Crippen molar-refractivity contribution in [3.05, 3.63) is 46.5 Å². The summed E-state index contributed by atoms with van der Waals surface area (Å²) in [5.74, 6) is 0. The molecule has 0 spiro atoms. The summed E-state index contributed by atoms with van der Waals surface area (Å²) in [5.41, 5.74) is 7.35. The van der Waals surface area contributed by atoms with Crippen LogP contribution < -0.4 is 0 Å². The Kier molecular flexibility index (Phi) is 3.06. The number of aliphatic hydroxyl groups is 1. The Morgan fingerprint density at radius 1 is 1.10 bits per heavy atom. The Morgan fingerprint density at radius 3 is 2.50 bits per heavy atom. The lowest BCUT2D eigenvalue weighted by atomic mass is 9.98. The van der Waals surface area contributed by atoms with Crippen molar-refractivity contribution >= 4 is 21.8 Å². The SMILES string of the molecule is CCn1c2ccc(C)cc2c2c(C)c(CO)cc(C)c21. The summed E-state index contributed by atoms with van der Waals surface area (Å²) in [5, 5.41) is 12.2. The third-order valence-electron chi connectivity index (χ3n) is 4.33. The maximum atomic E-state index is 9.59. The van der Waals surface area contributed by atoms with Gasteiger partial charge in [-0.05, 0) is 56.5 Å². The van der Waals surface area contributed by atoms with Gasteiger partial charge in [0, 0.05) is 22.8 Å². The lowest BCUT2D eigenvalue weighted by Crippen LogP contribution is -1.97. The van der Waals surface area contributed by atoms with Crippen molar-refractivity contribution in [3.8, 4) is 0 Å². The van der Waals surface area contributed by atoms with E-state index in [1.54, 1.807) is 0 Å². The summed E-state index contributed by atoms with van der Waals surface area (Å²) < 4.78 is 2.38. The molecule has 3 aromatic rings. The van der Waals surface area contributed by atoms with E-state index < -0.39 is 0 Å². The van der Waals surface area contributed by atoms with Crippen LogP contribution in [0.2, 0.25) is 0 Å². The smallest absolute Gasteiger partial charge is 0.0684 e. The number of aromatic nitrogens is 1. The maximum absolute atomic E-state index is 9.59. The van der Waals surface area contributed by atoms with E-state index in [2.05, 4.69) is 56.5 Å². The van der Waals surface area contributed by atoms with Gasteiger partial charge in [-0.25, -0.2) is 0 Å². The van der Waals surface area contributed by atoms with Gasteiger partial charge in [-0.2, -0.15) is 0 Å². The van der Waals surface area contributed by atoms with Crippen molar-refractivity contribution in [2.45, 2.75) is 40.8 Å². The molecule has 0 aliphatic carbocycles. The van der Waals surface area contributed by atoms with Crippen LogP contribution in [-0.2, 0) is 13.2 Å². The first-order valence-electron chi connectivity index (χ1n) is 7.21. The number of rotatable bonds is 2. The molecule has 0 saturated heterocycles. The second-order valence-corrected chi connectivity index (χ2v) is 5.62. The molecular weight excluding hydrogens is 246 g/mol. The quantitative estimate of drug-likeness (QED) is 0.738. The number of fused-ring (bicyclic) bond motifs is 3. The normalized spacial score (nSPS) is 11.7. The summed E-state index contributed by atoms with van der Waals surface area (Å²) in [6, 6.07) is 8.77. The molecular formula is C18H21NO. The van der Waals surface area contributed by atoms with Crippen molar-refractivity contribution in [1.82, 2.24) is 4.57 Å². The van der Waals surface area contributed by atoms with Crippen LogP contribution in [0.3, 0.4) is 0 Å². The van der Waals surface area contributed by atoms with Crippen molar-refractivity contribution < 1.29 is 5.11 Å². The fraction of sp³-hybridized carbons (Fsp3) is 0.333. The van der Waals surface area contributed by atoms with Gasteiger partial charge in [0.05, 0.1) is 12.1 Å². The van der Waals surface area contributed by atoms with E-state index in [-0.39, 0.29) is 6.61 Å². The summed E-state index contributed by atoms with van der Waals surface area (Å²) in [4.78, 5) is 0. The number of nitrogens with zero attached hydrogens (tertiary/aromatic N) is 1. The fourth-order valence-electron chi connectivity index (χ4n) is 3.35. The van der Waals surface area contributed by atoms with Crippen molar-refractivity contribution in [3.63, 3.8) is 0 Å². The van der Waals surface area contributed by atoms with E-state index in [0.717, 1.165) is 12.1 Å². The van der Waals surface area contributed by atoms with Gasteiger partial charge in [0.25, 0.3) is 0 Å². The second-order valence-electron chi connectivity index (χ2n) is 5.62. The molecule has 104 valence electrons. The Labute approximate surface area is 119 Å². The molecule has 0 radical (unpaired) electrons. The highest BCUT2D eigenvalue weighted by Gasteiger charge is 2.16. The van der Waals surface area contributed by atoms with E-state index in [1.807, 2.05) is 0 Å². The highest BCUT2D eigenvalue weighted by Crippen LogP contribution is 2.35. The molecule has 3 rings (SSSR count). The lowest BCUT2D eigenvalue weighted by molar-refractivity contribution is 0.281. The average Bonchev–Trinajstić information content (AvgIpc) is 2.76. The zero-order valence-corrected chi connectivity index (χ0v) is 12.6. The number of hydrogen-bond acceptors (Lipinski definition) is 1. The molecule has 0 amide bonds. The monoisotopic (exact) mass is 267 g/mol. The third-order valence-corrected chi connectivity index (χ3v) is 4.33. The van der Waals surface area contributed by atoms with E-state index >= 15 is 0 Å². The van der Waals surface area contributed by atoms with Gasteiger partial charge in [0.1, 0.15) is 0 Å². The molecule has 0 aliphatic rings. The first-order chi connectivity index (χ1) is 9.58. The highest BCUT2D eigenvalue weighted by molar-refractivity contribution is 6.11. The van der Waals surface area contributed by atoms with Gasteiger partial charge >= 0.3 is 0 Å². The summed E-state index contributed by atoms with van der Waals surface area (Å²) >= 11 is 0. The van der Waals surface area contributed by atoms with E-state index in [9.17, 15) is 5.11 Å². The molecule has 2 aromatic carbocycles. The first-order valence-corrected chi connectivity index (χ1v) is 7.21. The number of aryl methyl sites for hydroxylation is 4. The number of benzene rings is 2. The zero-order valence-electron chi connectivity index (χ0n) is 12.6. The van der Waals surface area contributed by atoms with Gasteiger partial charge in [-0.1, -0.05) is 17.7 Å². The van der Waals surface area contributed by atoms with Gasteiger partial charge < -0.3 is 9.67 Å². The molecule has 0 saturated carbocycles. The van der Waals surface area contributed by atoms with Crippen molar-refractivity contribution in [2.75, 3.05) is 0 Å². The molecule has 1 aromatic heterocycles. The molecule has 2 nitrogen and oxygen atoms in total. The topological polar surface area (TPSA) is 25.2 Å². The lowest BCUT2D eigenvalue weighted by Gasteiger charge is -2.10. The van der Waals surface area contributed by atoms with Gasteiger partial charge in [0.15, 0.2) is 0 Å². The van der Waals surface area contributed by atoms with E-state index in [1.165, 1.54) is 38.5 Å². The van der Waals surface area contributed by atoms with Crippen LogP contribution in [0, 0.1) is 20.8 Å². The number of hydrogen-bond donors (Lipinski definition) is 1. The van der Waals surface area contributed by atoms with Gasteiger partial charge in [-0.3, -0.25) is 0 Å². The van der Waals surface area contributed by atoms with Crippen molar-refractivity contribution in [2.24, 2.45) is 0 Å². The summed E-state index contributed by atoms with van der Waals surface area (Å²) in [6.07, 6.45) is 0. The summed E-state index contributed by atoms with van der Waals surface area (Å²) in [7, 11) is 0. The largest absolute Gasteiger partial charge is 0.392 e. The number of aliphatic hydroxyl groups excluding tert-OH is 1. The fourth-order valence-corrected chi connectivity index (χ4v) is 3.35.